The van der Waals surface area contributed by atoms with Crippen LogP contribution in [0.4, 0.5) is 4.39 Å². The molecule has 1 amide bonds. The van der Waals surface area contributed by atoms with E-state index in [9.17, 15) is 9.18 Å². The highest BCUT2D eigenvalue weighted by atomic mass is 19.1. The Morgan fingerprint density at radius 1 is 1.40 bits per heavy atom. The van der Waals surface area contributed by atoms with Crippen LogP contribution in [0, 0.1) is 11.7 Å². The van der Waals surface area contributed by atoms with Crippen molar-refractivity contribution in [2.24, 2.45) is 5.92 Å². The van der Waals surface area contributed by atoms with Gasteiger partial charge in [-0.3, -0.25) is 9.48 Å². The molecule has 25 heavy (non-hydrogen) atoms. The first-order valence-electron chi connectivity index (χ1n) is 8.74. The second-order valence-electron chi connectivity index (χ2n) is 7.05. The number of methoxy groups -OCH3 is 1. The Hall–Kier alpha value is -2.21. The number of amides is 1. The summed E-state index contributed by atoms with van der Waals surface area (Å²) in [5.41, 5.74) is 2.48. The van der Waals surface area contributed by atoms with Gasteiger partial charge in [0.15, 0.2) is 0 Å². The smallest absolute Gasteiger partial charge is 0.254 e. The van der Waals surface area contributed by atoms with Gasteiger partial charge in [-0.1, -0.05) is 6.07 Å². The predicted octanol–water partition coefficient (Wildman–Crippen LogP) is 2.82. The Bertz CT molecular complexity index is 785. The number of benzene rings is 1. The van der Waals surface area contributed by atoms with Crippen LogP contribution in [0.3, 0.4) is 0 Å². The molecule has 6 heteroatoms. The predicted molar refractivity (Wildman–Crippen MR) is 90.7 cm³/mol. The fraction of sp³-hybridized carbons (Fsp3) is 0.474. The minimum atomic E-state index is -0.394. The topological polar surface area (TPSA) is 47.4 Å². The summed E-state index contributed by atoms with van der Waals surface area (Å²) in [4.78, 5) is 14.6. The van der Waals surface area contributed by atoms with Crippen molar-refractivity contribution in [2.75, 3.05) is 20.3 Å². The first-order valence-corrected chi connectivity index (χ1v) is 8.74. The molecule has 0 N–H and O–H groups in total. The third kappa shape index (κ3) is 3.44. The SMILES string of the molecule is COC[C@H]1CN(C(=O)c2cccc(F)c2)Cc2cn(CC3CC3)nc21. The monoisotopic (exact) mass is 343 g/mol. The van der Waals surface area contributed by atoms with E-state index in [0.717, 1.165) is 23.7 Å². The fourth-order valence-corrected chi connectivity index (χ4v) is 3.52. The molecule has 1 fully saturated rings. The number of aromatic nitrogens is 2. The average Bonchev–Trinajstić information content (AvgIpc) is 3.31. The molecule has 0 spiro atoms. The molecule has 1 aromatic carbocycles. The number of ether oxygens (including phenoxy) is 1. The van der Waals surface area contributed by atoms with Crippen LogP contribution in [0.2, 0.25) is 0 Å². The lowest BCUT2D eigenvalue weighted by Gasteiger charge is -2.31. The third-order valence-electron chi connectivity index (χ3n) is 4.93. The first kappa shape index (κ1) is 16.3. The maximum Gasteiger partial charge on any atom is 0.254 e. The van der Waals surface area contributed by atoms with Gasteiger partial charge >= 0.3 is 0 Å². The molecule has 132 valence electrons. The summed E-state index contributed by atoms with van der Waals surface area (Å²) in [5.74, 6) is 0.245. The number of carbonyl (C=O) groups excluding carboxylic acids is 1. The van der Waals surface area contributed by atoms with Gasteiger partial charge in [0.25, 0.3) is 5.91 Å². The molecule has 2 heterocycles. The van der Waals surface area contributed by atoms with E-state index in [1.54, 1.807) is 24.1 Å². The number of hydrogen-bond donors (Lipinski definition) is 0. The minimum absolute atomic E-state index is 0.0479. The van der Waals surface area contributed by atoms with Gasteiger partial charge in [-0.2, -0.15) is 5.10 Å². The lowest BCUT2D eigenvalue weighted by molar-refractivity contribution is 0.0678. The van der Waals surface area contributed by atoms with Crippen molar-refractivity contribution in [1.29, 1.82) is 0 Å². The van der Waals surface area contributed by atoms with Gasteiger partial charge in [0.1, 0.15) is 5.82 Å². The molecular formula is C19H22FN3O2. The molecule has 4 rings (SSSR count). The zero-order valence-corrected chi connectivity index (χ0v) is 14.3. The van der Waals surface area contributed by atoms with Crippen LogP contribution in [-0.2, 0) is 17.8 Å². The summed E-state index contributed by atoms with van der Waals surface area (Å²) in [6.45, 7) is 2.51. The van der Waals surface area contributed by atoms with Gasteiger partial charge in [0.2, 0.25) is 0 Å². The zero-order chi connectivity index (χ0) is 17.4. The molecule has 0 unspecified atom stereocenters. The van der Waals surface area contributed by atoms with Gasteiger partial charge in [0, 0.05) is 50.0 Å². The Balaban J connectivity index is 1.58. The van der Waals surface area contributed by atoms with E-state index in [1.165, 1.54) is 25.0 Å². The molecule has 0 radical (unpaired) electrons. The van der Waals surface area contributed by atoms with Gasteiger partial charge in [-0.15, -0.1) is 0 Å². The summed E-state index contributed by atoms with van der Waals surface area (Å²) in [6, 6.07) is 5.86. The van der Waals surface area contributed by atoms with Gasteiger partial charge in [-0.25, -0.2) is 4.39 Å². The van der Waals surface area contributed by atoms with Gasteiger partial charge < -0.3 is 9.64 Å². The Labute approximate surface area is 146 Å². The van der Waals surface area contributed by atoms with E-state index < -0.39 is 5.82 Å². The van der Waals surface area contributed by atoms with Crippen LogP contribution in [0.5, 0.6) is 0 Å². The van der Waals surface area contributed by atoms with Crippen molar-refractivity contribution in [1.82, 2.24) is 14.7 Å². The lowest BCUT2D eigenvalue weighted by atomic mass is 9.96. The largest absolute Gasteiger partial charge is 0.384 e. The number of halogens is 1. The summed E-state index contributed by atoms with van der Waals surface area (Å²) in [6.07, 6.45) is 4.60. The molecule has 1 saturated carbocycles. The second-order valence-corrected chi connectivity index (χ2v) is 7.05. The van der Waals surface area contributed by atoms with Crippen LogP contribution in [-0.4, -0.2) is 40.8 Å². The normalized spacial score (nSPS) is 19.8. The van der Waals surface area contributed by atoms with E-state index in [0.29, 0.717) is 25.3 Å². The van der Waals surface area contributed by atoms with Crippen LogP contribution in [0.1, 0.15) is 40.4 Å². The lowest BCUT2D eigenvalue weighted by Crippen LogP contribution is -2.39. The number of hydrogen-bond acceptors (Lipinski definition) is 3. The Morgan fingerprint density at radius 2 is 2.24 bits per heavy atom. The van der Waals surface area contributed by atoms with Gasteiger partial charge in [-0.05, 0) is 37.0 Å². The Kier molecular flexibility index (Phi) is 4.29. The average molecular weight is 343 g/mol. The fourth-order valence-electron chi connectivity index (χ4n) is 3.52. The van der Waals surface area contributed by atoms with Gasteiger partial charge in [0.05, 0.1) is 12.3 Å². The highest BCUT2D eigenvalue weighted by molar-refractivity contribution is 5.94. The van der Waals surface area contributed by atoms with Crippen molar-refractivity contribution in [3.05, 3.63) is 53.1 Å². The molecule has 1 aliphatic carbocycles. The van der Waals surface area contributed by atoms with E-state index in [2.05, 4.69) is 6.20 Å². The summed E-state index contributed by atoms with van der Waals surface area (Å²) < 4.78 is 20.8. The van der Waals surface area contributed by atoms with Crippen molar-refractivity contribution in [3.63, 3.8) is 0 Å². The zero-order valence-electron chi connectivity index (χ0n) is 14.3. The Morgan fingerprint density at radius 3 is 2.96 bits per heavy atom. The number of carbonyl (C=O) groups is 1. The molecule has 2 aliphatic rings. The van der Waals surface area contributed by atoms with Crippen molar-refractivity contribution >= 4 is 5.91 Å². The third-order valence-corrected chi connectivity index (χ3v) is 4.93. The summed E-state index contributed by atoms with van der Waals surface area (Å²) in [5, 5.41) is 4.75. The number of fused-ring (bicyclic) bond motifs is 1. The molecule has 0 bridgehead atoms. The standard InChI is InChI=1S/C19H22FN3O2/c1-25-12-16-10-22(19(24)14-3-2-4-17(20)7-14)9-15-11-23(21-18(15)16)8-13-5-6-13/h2-4,7,11,13,16H,5-6,8-10,12H2,1H3/t16-/m1/s1. The van der Waals surface area contributed by atoms with Crippen molar-refractivity contribution in [3.8, 4) is 0 Å². The first-order chi connectivity index (χ1) is 12.1. The van der Waals surface area contributed by atoms with E-state index >= 15 is 0 Å². The summed E-state index contributed by atoms with van der Waals surface area (Å²) in [7, 11) is 1.66. The van der Waals surface area contributed by atoms with Crippen LogP contribution < -0.4 is 0 Å². The molecule has 1 aromatic heterocycles. The molecule has 1 aliphatic heterocycles. The quantitative estimate of drug-likeness (QED) is 0.839. The number of nitrogens with zero attached hydrogens (tertiary/aromatic N) is 3. The molecule has 0 saturated heterocycles. The maximum absolute atomic E-state index is 13.5. The van der Waals surface area contributed by atoms with E-state index in [4.69, 9.17) is 9.84 Å². The second kappa shape index (κ2) is 6.59. The van der Waals surface area contributed by atoms with Crippen LogP contribution in [0.25, 0.3) is 0 Å². The summed E-state index contributed by atoms with van der Waals surface area (Å²) >= 11 is 0. The van der Waals surface area contributed by atoms with E-state index in [-0.39, 0.29) is 11.8 Å². The van der Waals surface area contributed by atoms with E-state index in [1.807, 2.05) is 4.68 Å². The highest BCUT2D eigenvalue weighted by Crippen LogP contribution is 2.33. The van der Waals surface area contributed by atoms with Crippen molar-refractivity contribution < 1.29 is 13.9 Å². The minimum Gasteiger partial charge on any atom is -0.384 e. The molecule has 2 aromatic rings. The highest BCUT2D eigenvalue weighted by Gasteiger charge is 2.32. The van der Waals surface area contributed by atoms with Crippen LogP contribution >= 0.6 is 0 Å². The molecule has 5 nitrogen and oxygen atoms in total. The number of rotatable bonds is 5. The molecular weight excluding hydrogens is 321 g/mol. The maximum atomic E-state index is 13.5. The molecule has 1 atom stereocenters. The van der Waals surface area contributed by atoms with Crippen molar-refractivity contribution in [2.45, 2.75) is 31.8 Å². The van der Waals surface area contributed by atoms with Crippen LogP contribution in [0.15, 0.2) is 30.5 Å².